The SMILES string of the molecule is CC(C(=O)O)C(C)C(=O)NCP(=O)(O)O. The second-order valence-corrected chi connectivity index (χ2v) is 4.93. The van der Waals surface area contributed by atoms with E-state index in [-0.39, 0.29) is 0 Å². The van der Waals surface area contributed by atoms with E-state index in [1.54, 1.807) is 0 Å². The fraction of sp³-hybridized carbons (Fsp3) is 0.714. The summed E-state index contributed by atoms with van der Waals surface area (Å²) < 4.78 is 10.4. The van der Waals surface area contributed by atoms with Crippen LogP contribution in [0.15, 0.2) is 0 Å². The first-order valence-corrected chi connectivity index (χ1v) is 6.00. The maximum absolute atomic E-state index is 11.2. The van der Waals surface area contributed by atoms with Gasteiger partial charge in [-0.05, 0) is 0 Å². The zero-order chi connectivity index (χ0) is 12.2. The van der Waals surface area contributed by atoms with Gasteiger partial charge in [-0.2, -0.15) is 0 Å². The third-order valence-electron chi connectivity index (χ3n) is 2.01. The summed E-state index contributed by atoms with van der Waals surface area (Å²) in [6, 6.07) is 0. The molecule has 0 aliphatic rings. The van der Waals surface area contributed by atoms with Crippen LogP contribution >= 0.6 is 7.60 Å². The highest BCUT2D eigenvalue weighted by Gasteiger charge is 2.26. The molecular weight excluding hydrogens is 225 g/mol. The molecule has 4 N–H and O–H groups in total. The van der Waals surface area contributed by atoms with Crippen molar-refractivity contribution < 1.29 is 29.0 Å². The predicted octanol–water partition coefficient (Wildman–Crippen LogP) is -0.405. The summed E-state index contributed by atoms with van der Waals surface area (Å²) in [7, 11) is -4.29. The monoisotopic (exact) mass is 239 g/mol. The van der Waals surface area contributed by atoms with Crippen LogP contribution in [0, 0.1) is 11.8 Å². The number of hydrogen-bond acceptors (Lipinski definition) is 3. The lowest BCUT2D eigenvalue weighted by Crippen LogP contribution is -2.35. The summed E-state index contributed by atoms with van der Waals surface area (Å²) in [5, 5.41) is 10.6. The average Bonchev–Trinajstić information content (AvgIpc) is 2.10. The van der Waals surface area contributed by atoms with E-state index in [0.29, 0.717) is 0 Å². The Labute approximate surface area is 86.6 Å². The Morgan fingerprint density at radius 3 is 2.07 bits per heavy atom. The molecule has 88 valence electrons. The first-order valence-electron chi connectivity index (χ1n) is 4.20. The van der Waals surface area contributed by atoms with Crippen molar-refractivity contribution in [1.82, 2.24) is 5.32 Å². The smallest absolute Gasteiger partial charge is 0.344 e. The summed E-state index contributed by atoms with van der Waals surface area (Å²) >= 11 is 0. The lowest BCUT2D eigenvalue weighted by atomic mass is 9.95. The molecule has 0 aromatic carbocycles. The van der Waals surface area contributed by atoms with E-state index in [2.05, 4.69) is 0 Å². The van der Waals surface area contributed by atoms with Gasteiger partial charge in [0.2, 0.25) is 5.91 Å². The highest BCUT2D eigenvalue weighted by Crippen LogP contribution is 2.32. The zero-order valence-electron chi connectivity index (χ0n) is 8.38. The number of carboxylic acid groups (broad SMARTS) is 1. The normalized spacial score (nSPS) is 15.5. The second kappa shape index (κ2) is 5.25. The van der Waals surface area contributed by atoms with Crippen molar-refractivity contribution in [3.05, 3.63) is 0 Å². The molecule has 0 aliphatic carbocycles. The first-order chi connectivity index (χ1) is 6.65. The van der Waals surface area contributed by atoms with Crippen LogP contribution in [0.5, 0.6) is 0 Å². The standard InChI is InChI=1S/C7H14NO6P/c1-4(5(2)7(10)11)6(9)8-3-15(12,13)14/h4-5H,3H2,1-2H3,(H,8,9)(H,10,11)(H2,12,13,14). The van der Waals surface area contributed by atoms with Crippen LogP contribution in [0.3, 0.4) is 0 Å². The summed E-state index contributed by atoms with van der Waals surface area (Å²) in [6.07, 6.45) is -0.775. The van der Waals surface area contributed by atoms with E-state index < -0.39 is 37.6 Å². The molecule has 0 saturated carbocycles. The summed E-state index contributed by atoms with van der Waals surface area (Å²) in [4.78, 5) is 38.7. The van der Waals surface area contributed by atoms with Gasteiger partial charge in [-0.15, -0.1) is 0 Å². The van der Waals surface area contributed by atoms with Gasteiger partial charge < -0.3 is 20.2 Å². The molecule has 2 unspecified atom stereocenters. The molecule has 0 aliphatic heterocycles. The van der Waals surface area contributed by atoms with Crippen LogP contribution < -0.4 is 5.32 Å². The highest BCUT2D eigenvalue weighted by atomic mass is 31.2. The van der Waals surface area contributed by atoms with Gasteiger partial charge in [-0.25, -0.2) is 0 Å². The van der Waals surface area contributed by atoms with Crippen LogP contribution in [0.1, 0.15) is 13.8 Å². The lowest BCUT2D eigenvalue weighted by molar-refractivity contribution is -0.145. The number of carboxylic acids is 1. The molecule has 15 heavy (non-hydrogen) atoms. The molecule has 0 aromatic rings. The molecule has 2 atom stereocenters. The van der Waals surface area contributed by atoms with Crippen LogP contribution in [-0.4, -0.2) is 33.1 Å². The Morgan fingerprint density at radius 1 is 1.27 bits per heavy atom. The quantitative estimate of drug-likeness (QED) is 0.483. The van der Waals surface area contributed by atoms with E-state index in [0.717, 1.165) is 0 Å². The Bertz CT molecular complexity index is 298. The number of carbonyl (C=O) groups excluding carboxylic acids is 1. The number of hydrogen-bond donors (Lipinski definition) is 4. The van der Waals surface area contributed by atoms with Crippen molar-refractivity contribution in [2.75, 3.05) is 6.29 Å². The summed E-state index contributed by atoms with van der Waals surface area (Å²) in [5.74, 6) is -3.56. The van der Waals surface area contributed by atoms with Gasteiger partial charge in [0.15, 0.2) is 0 Å². The van der Waals surface area contributed by atoms with Gasteiger partial charge in [0.05, 0.1) is 5.92 Å². The van der Waals surface area contributed by atoms with Crippen molar-refractivity contribution in [3.8, 4) is 0 Å². The second-order valence-electron chi connectivity index (χ2n) is 3.28. The average molecular weight is 239 g/mol. The molecule has 0 fully saturated rings. The van der Waals surface area contributed by atoms with Crippen LogP contribution in [0.4, 0.5) is 0 Å². The number of nitrogens with one attached hydrogen (secondary N) is 1. The summed E-state index contributed by atoms with van der Waals surface area (Å²) in [5.41, 5.74) is 0. The molecule has 0 rings (SSSR count). The van der Waals surface area contributed by atoms with E-state index in [4.69, 9.17) is 14.9 Å². The topological polar surface area (TPSA) is 124 Å². The minimum absolute atomic E-state index is 0.687. The first kappa shape index (κ1) is 14.1. The third kappa shape index (κ3) is 5.51. The highest BCUT2D eigenvalue weighted by molar-refractivity contribution is 7.51. The molecule has 0 bridgehead atoms. The Balaban J connectivity index is 4.23. The van der Waals surface area contributed by atoms with Crippen LogP contribution in [0.25, 0.3) is 0 Å². The Kier molecular flexibility index (Phi) is 4.93. The summed E-state index contributed by atoms with van der Waals surface area (Å²) in [6.45, 7) is 2.73. The van der Waals surface area contributed by atoms with Gasteiger partial charge in [-0.1, -0.05) is 13.8 Å². The third-order valence-corrected chi connectivity index (χ3v) is 2.58. The number of rotatable bonds is 5. The van der Waals surface area contributed by atoms with E-state index in [1.807, 2.05) is 5.32 Å². The molecular formula is C7H14NO6P. The van der Waals surface area contributed by atoms with Crippen molar-refractivity contribution >= 4 is 19.5 Å². The molecule has 0 aromatic heterocycles. The van der Waals surface area contributed by atoms with E-state index in [9.17, 15) is 14.2 Å². The van der Waals surface area contributed by atoms with Crippen LogP contribution in [0.2, 0.25) is 0 Å². The maximum Gasteiger partial charge on any atom is 0.344 e. The van der Waals surface area contributed by atoms with Crippen molar-refractivity contribution in [2.45, 2.75) is 13.8 Å². The zero-order valence-corrected chi connectivity index (χ0v) is 9.27. The molecule has 1 amide bonds. The Hall–Kier alpha value is -0.910. The van der Waals surface area contributed by atoms with E-state index in [1.165, 1.54) is 13.8 Å². The maximum atomic E-state index is 11.2. The molecule has 0 saturated heterocycles. The molecule has 0 heterocycles. The lowest BCUT2D eigenvalue weighted by Gasteiger charge is -2.15. The predicted molar refractivity (Wildman–Crippen MR) is 51.0 cm³/mol. The Morgan fingerprint density at radius 2 is 1.73 bits per heavy atom. The van der Waals surface area contributed by atoms with Crippen molar-refractivity contribution in [3.63, 3.8) is 0 Å². The van der Waals surface area contributed by atoms with Gasteiger partial charge in [0.1, 0.15) is 6.29 Å². The van der Waals surface area contributed by atoms with Crippen molar-refractivity contribution in [1.29, 1.82) is 0 Å². The minimum atomic E-state index is -4.29. The van der Waals surface area contributed by atoms with Gasteiger partial charge in [0, 0.05) is 5.92 Å². The molecule has 0 radical (unpaired) electrons. The van der Waals surface area contributed by atoms with Gasteiger partial charge in [0.25, 0.3) is 0 Å². The largest absolute Gasteiger partial charge is 0.481 e. The fourth-order valence-corrected chi connectivity index (χ4v) is 1.14. The molecule has 7 nitrogen and oxygen atoms in total. The number of aliphatic carboxylic acids is 1. The minimum Gasteiger partial charge on any atom is -0.481 e. The van der Waals surface area contributed by atoms with Crippen molar-refractivity contribution in [2.24, 2.45) is 11.8 Å². The van der Waals surface area contributed by atoms with Gasteiger partial charge in [-0.3, -0.25) is 14.2 Å². The van der Waals surface area contributed by atoms with E-state index >= 15 is 0 Å². The van der Waals surface area contributed by atoms with Gasteiger partial charge >= 0.3 is 13.6 Å². The number of amides is 1. The molecule has 0 spiro atoms. The fourth-order valence-electron chi connectivity index (χ4n) is 0.783. The number of carbonyl (C=O) groups is 2. The molecule has 8 heteroatoms. The van der Waals surface area contributed by atoms with Crippen LogP contribution in [-0.2, 0) is 14.2 Å².